The van der Waals surface area contributed by atoms with E-state index in [2.05, 4.69) is 5.32 Å². The van der Waals surface area contributed by atoms with Gasteiger partial charge in [0.1, 0.15) is 12.2 Å². The lowest BCUT2D eigenvalue weighted by Crippen LogP contribution is -2.41. The zero-order valence-electron chi connectivity index (χ0n) is 22.3. The van der Waals surface area contributed by atoms with Crippen molar-refractivity contribution >= 4 is 46.1 Å². The van der Waals surface area contributed by atoms with Gasteiger partial charge in [-0.1, -0.05) is 12.1 Å². The molecule has 0 aromatic heterocycles. The Morgan fingerprint density at radius 3 is 1.49 bits per heavy atom. The van der Waals surface area contributed by atoms with Gasteiger partial charge in [-0.3, -0.25) is 40.5 Å². The number of hydrogen-bond acceptors (Lipinski definition) is 14. The van der Waals surface area contributed by atoms with Crippen molar-refractivity contribution in [3.05, 3.63) is 112 Å². The van der Waals surface area contributed by atoms with Crippen molar-refractivity contribution in [2.45, 2.75) is 32.1 Å². The number of non-ortho nitro benzene ring substituents is 2. The standard InChI is InChI=1S/C25H22N6O12/c1-13(17-9-7-15(28(34)35)11-21(17)30(38)39)42-24(32)23(27-20-6-4-3-5-19(20)26)25(33)43-14(2)18-10-8-16(29(36)37)12-22(18)31(40)41/h3-14,23,27H,26H2,1-2H3. The van der Waals surface area contributed by atoms with Crippen LogP contribution in [0.4, 0.5) is 34.1 Å². The molecule has 3 aromatic rings. The van der Waals surface area contributed by atoms with Gasteiger partial charge in [-0.2, -0.15) is 0 Å². The van der Waals surface area contributed by atoms with Crippen molar-refractivity contribution in [1.29, 1.82) is 0 Å². The van der Waals surface area contributed by atoms with Gasteiger partial charge in [0, 0.05) is 12.1 Å². The summed E-state index contributed by atoms with van der Waals surface area (Å²) in [5.41, 5.74) is 3.08. The Morgan fingerprint density at radius 1 is 0.698 bits per heavy atom. The topological polar surface area (TPSA) is 263 Å². The number of ether oxygens (including phenoxy) is 2. The molecule has 0 fully saturated rings. The van der Waals surface area contributed by atoms with E-state index in [1.807, 2.05) is 0 Å². The number of rotatable bonds is 12. The van der Waals surface area contributed by atoms with Crippen LogP contribution in [0.2, 0.25) is 0 Å². The molecule has 0 bridgehead atoms. The predicted molar refractivity (Wildman–Crippen MR) is 147 cm³/mol. The second-order valence-corrected chi connectivity index (χ2v) is 8.84. The number of nitrogens with zero attached hydrogens (tertiary/aromatic N) is 4. The molecule has 2 atom stereocenters. The maximum absolute atomic E-state index is 13.3. The quantitative estimate of drug-likeness (QED) is 0.0968. The molecule has 0 spiro atoms. The van der Waals surface area contributed by atoms with Gasteiger partial charge in [0.2, 0.25) is 6.04 Å². The van der Waals surface area contributed by atoms with E-state index in [9.17, 15) is 50.0 Å². The Balaban J connectivity index is 1.94. The van der Waals surface area contributed by atoms with E-state index in [4.69, 9.17) is 15.2 Å². The molecule has 0 amide bonds. The molecule has 0 radical (unpaired) electrons. The number of nitrogens with one attached hydrogen (secondary N) is 1. The highest BCUT2D eigenvalue weighted by atomic mass is 16.6. The maximum atomic E-state index is 13.3. The number of nitro groups is 4. The fourth-order valence-electron chi connectivity index (χ4n) is 3.90. The zero-order valence-corrected chi connectivity index (χ0v) is 22.3. The number of esters is 2. The van der Waals surface area contributed by atoms with Crippen molar-refractivity contribution in [2.75, 3.05) is 11.1 Å². The van der Waals surface area contributed by atoms with Gasteiger partial charge in [-0.15, -0.1) is 0 Å². The summed E-state index contributed by atoms with van der Waals surface area (Å²) in [6.45, 7) is 2.46. The van der Waals surface area contributed by atoms with E-state index in [1.54, 1.807) is 6.07 Å². The smallest absolute Gasteiger partial charge is 0.340 e. The summed E-state index contributed by atoms with van der Waals surface area (Å²) in [6, 6.07) is 9.36. The van der Waals surface area contributed by atoms with Crippen LogP contribution in [0.1, 0.15) is 37.2 Å². The maximum Gasteiger partial charge on any atom is 0.340 e. The molecule has 3 rings (SSSR count). The molecule has 0 saturated heterocycles. The van der Waals surface area contributed by atoms with E-state index < -0.39 is 72.6 Å². The predicted octanol–water partition coefficient (Wildman–Crippen LogP) is 4.29. The molecule has 0 aliphatic heterocycles. The minimum absolute atomic E-state index is 0.0874. The molecule has 0 aliphatic rings. The average molecular weight is 598 g/mol. The molecule has 3 N–H and O–H groups in total. The van der Waals surface area contributed by atoms with Crippen molar-refractivity contribution in [3.8, 4) is 0 Å². The normalized spacial score (nSPS) is 12.7. The molecule has 43 heavy (non-hydrogen) atoms. The molecular weight excluding hydrogens is 576 g/mol. The van der Waals surface area contributed by atoms with Crippen LogP contribution in [0.25, 0.3) is 0 Å². The van der Waals surface area contributed by atoms with Crippen molar-refractivity contribution in [2.24, 2.45) is 0 Å². The van der Waals surface area contributed by atoms with Gasteiger partial charge in [0.05, 0.1) is 54.3 Å². The second-order valence-electron chi connectivity index (χ2n) is 8.84. The molecule has 0 heterocycles. The Labute approximate surface area is 240 Å². The number of carbonyl (C=O) groups excluding carboxylic acids is 2. The first-order valence-corrected chi connectivity index (χ1v) is 12.1. The summed E-state index contributed by atoms with van der Waals surface area (Å²) in [5.74, 6) is -2.61. The first-order valence-electron chi connectivity index (χ1n) is 12.1. The third-order valence-electron chi connectivity index (χ3n) is 6.04. The fourth-order valence-corrected chi connectivity index (χ4v) is 3.90. The number of benzene rings is 3. The van der Waals surface area contributed by atoms with Gasteiger partial charge in [0.15, 0.2) is 0 Å². The number of hydrogen-bond donors (Lipinski definition) is 2. The minimum atomic E-state index is -1.97. The summed E-state index contributed by atoms with van der Waals surface area (Å²) in [4.78, 5) is 68.3. The summed E-state index contributed by atoms with van der Waals surface area (Å²) >= 11 is 0. The average Bonchev–Trinajstić information content (AvgIpc) is 2.95. The first-order chi connectivity index (χ1) is 20.2. The molecule has 18 heteroatoms. The minimum Gasteiger partial charge on any atom is -0.456 e. The van der Waals surface area contributed by atoms with Crippen LogP contribution in [0.3, 0.4) is 0 Å². The van der Waals surface area contributed by atoms with E-state index in [-0.39, 0.29) is 22.5 Å². The molecule has 3 aromatic carbocycles. The summed E-state index contributed by atoms with van der Waals surface area (Å²) < 4.78 is 10.6. The molecule has 2 unspecified atom stereocenters. The summed E-state index contributed by atoms with van der Waals surface area (Å²) in [6.07, 6.45) is -2.79. The number of nitrogen functional groups attached to an aromatic ring is 1. The monoisotopic (exact) mass is 598 g/mol. The summed E-state index contributed by atoms with van der Waals surface area (Å²) in [5, 5.41) is 47.8. The zero-order chi connectivity index (χ0) is 32.0. The van der Waals surface area contributed by atoms with Crippen LogP contribution in [0, 0.1) is 40.5 Å². The first kappa shape index (κ1) is 31.3. The lowest BCUT2D eigenvalue weighted by Gasteiger charge is -2.23. The Morgan fingerprint density at radius 2 is 1.12 bits per heavy atom. The van der Waals surface area contributed by atoms with Gasteiger partial charge in [-0.25, -0.2) is 9.59 Å². The van der Waals surface area contributed by atoms with Crippen LogP contribution >= 0.6 is 0 Å². The van der Waals surface area contributed by atoms with E-state index in [1.165, 1.54) is 32.0 Å². The molecule has 224 valence electrons. The van der Waals surface area contributed by atoms with Crippen LogP contribution in [0.5, 0.6) is 0 Å². The van der Waals surface area contributed by atoms with Crippen LogP contribution in [0.15, 0.2) is 60.7 Å². The number of carbonyl (C=O) groups is 2. The SMILES string of the molecule is CC(OC(=O)C(Nc1ccccc1N)C(=O)OC(C)c1ccc([N+](=O)[O-])cc1[N+](=O)[O-])c1ccc([N+](=O)[O-])cc1[N+](=O)[O-]. The number of para-hydroxylation sites is 2. The third-order valence-corrected chi connectivity index (χ3v) is 6.04. The van der Waals surface area contributed by atoms with Crippen LogP contribution in [-0.2, 0) is 19.1 Å². The lowest BCUT2D eigenvalue weighted by atomic mass is 10.1. The lowest BCUT2D eigenvalue weighted by molar-refractivity contribution is -0.395. The molecule has 0 saturated carbocycles. The van der Waals surface area contributed by atoms with E-state index in [0.29, 0.717) is 12.1 Å². The molecule has 0 aliphatic carbocycles. The van der Waals surface area contributed by atoms with Gasteiger partial charge < -0.3 is 20.5 Å². The Hall–Kier alpha value is -6.20. The van der Waals surface area contributed by atoms with Gasteiger partial charge >= 0.3 is 11.9 Å². The van der Waals surface area contributed by atoms with Crippen molar-refractivity contribution in [1.82, 2.24) is 0 Å². The highest BCUT2D eigenvalue weighted by Gasteiger charge is 2.36. The fraction of sp³-hybridized carbons (Fsp3) is 0.200. The van der Waals surface area contributed by atoms with E-state index in [0.717, 1.165) is 24.3 Å². The number of nitro benzene ring substituents is 4. The van der Waals surface area contributed by atoms with Gasteiger partial charge in [-0.05, 0) is 38.1 Å². The molecule has 18 nitrogen and oxygen atoms in total. The van der Waals surface area contributed by atoms with E-state index >= 15 is 0 Å². The third kappa shape index (κ3) is 7.31. The van der Waals surface area contributed by atoms with Crippen LogP contribution in [-0.4, -0.2) is 37.7 Å². The number of anilines is 2. The van der Waals surface area contributed by atoms with Gasteiger partial charge in [0.25, 0.3) is 22.7 Å². The van der Waals surface area contributed by atoms with Crippen molar-refractivity contribution in [3.63, 3.8) is 0 Å². The number of nitrogens with two attached hydrogens (primary N) is 1. The highest BCUT2D eigenvalue weighted by molar-refractivity contribution is 6.02. The highest BCUT2D eigenvalue weighted by Crippen LogP contribution is 2.33. The molecular formula is C25H22N6O12. The Bertz CT molecular complexity index is 1530. The summed E-state index contributed by atoms with van der Waals surface area (Å²) in [7, 11) is 0. The largest absolute Gasteiger partial charge is 0.456 e. The van der Waals surface area contributed by atoms with Crippen LogP contribution < -0.4 is 11.1 Å². The van der Waals surface area contributed by atoms with Crippen molar-refractivity contribution < 1.29 is 38.8 Å². The second kappa shape index (κ2) is 13.0. The Kier molecular flexibility index (Phi) is 9.46.